The third-order valence-electron chi connectivity index (χ3n) is 2.39. The van der Waals surface area contributed by atoms with Gasteiger partial charge in [-0.3, -0.25) is 0 Å². The average Bonchev–Trinajstić information content (AvgIpc) is 2.28. The number of benzene rings is 1. The second kappa shape index (κ2) is 4.19. The van der Waals surface area contributed by atoms with E-state index >= 15 is 0 Å². The maximum Gasteiger partial charge on any atom is 0.417 e. The summed E-state index contributed by atoms with van der Waals surface area (Å²) >= 11 is 13.9. The van der Waals surface area contributed by atoms with Gasteiger partial charge in [-0.1, -0.05) is 42.6 Å². The first kappa shape index (κ1) is 12.7. The Kier molecular flexibility index (Phi) is 3.14. The lowest BCUT2D eigenvalue weighted by Crippen LogP contribution is -2.08. The second-order valence-electron chi connectivity index (χ2n) is 3.43. The lowest BCUT2D eigenvalue weighted by Gasteiger charge is -2.16. The Hall–Kier alpha value is -0.720. The van der Waals surface area contributed by atoms with Gasteiger partial charge in [0.1, 0.15) is 0 Å². The zero-order valence-corrected chi connectivity index (χ0v) is 10.7. The molecule has 0 aliphatic heterocycles. The van der Waals surface area contributed by atoms with Gasteiger partial charge in [-0.05, 0) is 11.6 Å². The molecule has 0 aliphatic rings. The van der Waals surface area contributed by atoms with Crippen molar-refractivity contribution in [2.24, 2.45) is 0 Å². The molecule has 6 heteroatoms. The van der Waals surface area contributed by atoms with Gasteiger partial charge in [0.15, 0.2) is 0 Å². The molecule has 0 bridgehead atoms. The highest BCUT2D eigenvalue weighted by Gasteiger charge is 2.34. The van der Waals surface area contributed by atoms with E-state index in [1.807, 2.05) is 0 Å². The molecule has 0 spiro atoms. The molecule has 0 unspecified atom stereocenters. The van der Waals surface area contributed by atoms with Crippen LogP contribution in [0.5, 0.6) is 0 Å². The van der Waals surface area contributed by atoms with Crippen LogP contribution in [0.15, 0.2) is 29.2 Å². The lowest BCUT2D eigenvalue weighted by atomic mass is 9.97. The van der Waals surface area contributed by atoms with E-state index in [2.05, 4.69) is 12.6 Å². The van der Waals surface area contributed by atoms with Crippen LogP contribution in [0.25, 0.3) is 11.1 Å². The van der Waals surface area contributed by atoms with E-state index in [1.165, 1.54) is 18.2 Å². The van der Waals surface area contributed by atoms with Crippen LogP contribution in [0.2, 0.25) is 0 Å². The third kappa shape index (κ3) is 2.05. The first-order chi connectivity index (χ1) is 7.84. The molecule has 0 heterocycles. The summed E-state index contributed by atoms with van der Waals surface area (Å²) in [5, 5.41) is 0. The van der Waals surface area contributed by atoms with Crippen LogP contribution in [0.1, 0.15) is 5.56 Å². The molecule has 0 N–H and O–H groups in total. The molecule has 0 aliphatic carbocycles. The maximum absolute atomic E-state index is 12.8. The van der Waals surface area contributed by atoms with Crippen molar-refractivity contribution in [3.63, 3.8) is 0 Å². The van der Waals surface area contributed by atoms with E-state index in [1.54, 1.807) is 0 Å². The summed E-state index contributed by atoms with van der Waals surface area (Å²) in [7, 11) is 0. The number of alkyl halides is 3. The largest absolute Gasteiger partial charge is 0.417 e. The van der Waals surface area contributed by atoms with Crippen molar-refractivity contribution in [3.8, 4) is 11.1 Å². The quantitative estimate of drug-likeness (QED) is 0.580. The first-order valence-corrected chi connectivity index (χ1v) is 5.79. The van der Waals surface area contributed by atoms with Crippen molar-refractivity contribution in [1.29, 1.82) is 0 Å². The number of hydrogen-bond donors (Lipinski definition) is 1. The number of halogens is 3. The Balaban J connectivity index is 2.71. The summed E-state index contributed by atoms with van der Waals surface area (Å²) < 4.78 is 39.0. The molecule has 0 saturated heterocycles. The van der Waals surface area contributed by atoms with Gasteiger partial charge in [0.25, 0.3) is 0 Å². The summed E-state index contributed by atoms with van der Waals surface area (Å²) in [5.74, 6) is 0. The van der Waals surface area contributed by atoms with Crippen molar-refractivity contribution in [2.75, 3.05) is 0 Å². The Morgan fingerprint density at radius 2 is 1.59 bits per heavy atom. The minimum atomic E-state index is -4.41. The fraction of sp³-hybridized carbons (Fsp3) is 0.0909. The SMILES string of the molecule is FC(F)(F)c1ccccc1-c1c(S)c(=S)c1=S. The van der Waals surface area contributed by atoms with Crippen LogP contribution in [-0.4, -0.2) is 0 Å². The zero-order valence-electron chi connectivity index (χ0n) is 8.21. The number of rotatable bonds is 1. The molecule has 0 amide bonds. The van der Waals surface area contributed by atoms with E-state index < -0.39 is 11.7 Å². The highest BCUT2D eigenvalue weighted by atomic mass is 32.1. The molecule has 0 nitrogen and oxygen atoms in total. The molecule has 2 aromatic rings. The smallest absolute Gasteiger partial charge is 0.166 e. The summed E-state index contributed by atoms with van der Waals surface area (Å²) in [5.41, 5.74) is -0.351. The highest BCUT2D eigenvalue weighted by molar-refractivity contribution is 7.81. The standard InChI is InChI=1S/C11H5F3S3/c12-11(13,14)6-4-2-1-3-5(6)7-8(15)10(17)9(7)16/h1-4,15H. The molecular formula is C11H5F3S3. The molecule has 88 valence electrons. The molecule has 0 saturated carbocycles. The summed E-state index contributed by atoms with van der Waals surface area (Å²) in [4.78, 5) is 0.363. The van der Waals surface area contributed by atoms with Crippen LogP contribution in [0, 0.1) is 9.02 Å². The topological polar surface area (TPSA) is 0 Å². The molecule has 2 rings (SSSR count). The van der Waals surface area contributed by atoms with Gasteiger partial charge < -0.3 is 0 Å². The molecular weight excluding hydrogens is 285 g/mol. The first-order valence-electron chi connectivity index (χ1n) is 4.53. The van der Waals surface area contributed by atoms with Crippen molar-refractivity contribution in [1.82, 2.24) is 0 Å². The predicted molar refractivity (Wildman–Crippen MR) is 68.2 cm³/mol. The van der Waals surface area contributed by atoms with Gasteiger partial charge >= 0.3 is 6.18 Å². The maximum atomic E-state index is 12.8. The van der Waals surface area contributed by atoms with E-state index in [0.29, 0.717) is 15.0 Å². The lowest BCUT2D eigenvalue weighted by molar-refractivity contribution is -0.137. The second-order valence-corrected chi connectivity index (χ2v) is 4.69. The summed E-state index contributed by atoms with van der Waals surface area (Å²) in [6, 6.07) is 5.27. The Labute approximate surface area is 111 Å². The molecule has 0 aromatic heterocycles. The van der Waals surface area contributed by atoms with Crippen molar-refractivity contribution in [3.05, 3.63) is 38.8 Å². The van der Waals surface area contributed by atoms with Crippen LogP contribution in [0.3, 0.4) is 0 Å². The highest BCUT2D eigenvalue weighted by Crippen LogP contribution is 2.42. The Morgan fingerprint density at radius 3 is 2.12 bits per heavy atom. The van der Waals surface area contributed by atoms with Gasteiger partial charge in [0, 0.05) is 10.5 Å². The summed E-state index contributed by atoms with van der Waals surface area (Å²) in [6.45, 7) is 0. The van der Waals surface area contributed by atoms with Gasteiger partial charge in [0.2, 0.25) is 0 Å². The van der Waals surface area contributed by atoms with Gasteiger partial charge in [-0.2, -0.15) is 13.2 Å². The van der Waals surface area contributed by atoms with Crippen LogP contribution in [0.4, 0.5) is 13.2 Å². The average molecular weight is 290 g/mol. The minimum Gasteiger partial charge on any atom is -0.166 e. The molecule has 0 fully saturated rings. The van der Waals surface area contributed by atoms with Crippen LogP contribution < -0.4 is 0 Å². The van der Waals surface area contributed by atoms with Gasteiger partial charge in [0.05, 0.1) is 14.6 Å². The predicted octanol–water partition coefficient (Wildman–Crippen LogP) is 5.00. The number of thiol groups is 1. The zero-order chi connectivity index (χ0) is 12.8. The fourth-order valence-corrected chi connectivity index (χ4v) is 2.59. The van der Waals surface area contributed by atoms with E-state index in [0.717, 1.165) is 6.07 Å². The molecule has 0 atom stereocenters. The van der Waals surface area contributed by atoms with E-state index in [4.69, 9.17) is 24.4 Å². The molecule has 17 heavy (non-hydrogen) atoms. The van der Waals surface area contributed by atoms with Crippen LogP contribution >= 0.6 is 37.1 Å². The third-order valence-corrected chi connectivity index (χ3v) is 3.93. The Morgan fingerprint density at radius 1 is 1.00 bits per heavy atom. The minimum absolute atomic E-state index is 0.0450. The van der Waals surface area contributed by atoms with Crippen molar-refractivity contribution >= 4 is 37.1 Å². The van der Waals surface area contributed by atoms with Gasteiger partial charge in [-0.15, -0.1) is 12.6 Å². The van der Waals surface area contributed by atoms with E-state index in [-0.39, 0.29) is 10.1 Å². The monoisotopic (exact) mass is 290 g/mol. The normalized spacial score (nSPS) is 12.0. The van der Waals surface area contributed by atoms with E-state index in [9.17, 15) is 13.2 Å². The van der Waals surface area contributed by atoms with Crippen molar-refractivity contribution in [2.45, 2.75) is 11.1 Å². The van der Waals surface area contributed by atoms with Crippen LogP contribution in [-0.2, 0) is 6.18 Å². The molecule has 0 radical (unpaired) electrons. The fourth-order valence-electron chi connectivity index (χ4n) is 1.58. The van der Waals surface area contributed by atoms with Gasteiger partial charge in [-0.25, -0.2) is 0 Å². The number of hydrogen-bond acceptors (Lipinski definition) is 3. The van der Waals surface area contributed by atoms with Crippen molar-refractivity contribution < 1.29 is 13.2 Å². The summed E-state index contributed by atoms with van der Waals surface area (Å²) in [6.07, 6.45) is -4.41. The Bertz CT molecular complexity index is 649. The molecule has 2 aromatic carbocycles.